The van der Waals surface area contributed by atoms with Gasteiger partial charge in [0.25, 0.3) is 0 Å². The van der Waals surface area contributed by atoms with Crippen molar-refractivity contribution in [3.05, 3.63) is 59.4 Å². The van der Waals surface area contributed by atoms with E-state index in [2.05, 4.69) is 16.8 Å². The number of amides is 1. The van der Waals surface area contributed by atoms with Crippen molar-refractivity contribution in [3.63, 3.8) is 0 Å². The van der Waals surface area contributed by atoms with Crippen LogP contribution in [0.4, 0.5) is 5.69 Å². The Kier molecular flexibility index (Phi) is 5.36. The van der Waals surface area contributed by atoms with Crippen molar-refractivity contribution in [2.75, 3.05) is 11.9 Å². The minimum Gasteiger partial charge on any atom is -0.315 e. The summed E-state index contributed by atoms with van der Waals surface area (Å²) in [6, 6.07) is 12.8. The summed E-state index contributed by atoms with van der Waals surface area (Å²) in [6.07, 6.45) is 2.56. The fraction of sp³-hybridized carbons (Fsp3) is 0.176. The Bertz CT molecular complexity index is 674. The Labute approximate surface area is 129 Å². The number of carbonyl (C=O) groups is 1. The molecule has 0 aliphatic carbocycles. The molecule has 1 amide bonds. The third-order valence-electron chi connectivity index (χ3n) is 2.91. The van der Waals surface area contributed by atoms with Crippen molar-refractivity contribution in [1.29, 1.82) is 0 Å². The molecule has 1 heterocycles. The van der Waals surface area contributed by atoms with Crippen LogP contribution in [-0.2, 0) is 4.79 Å². The molecular formula is C17H15ClN2O. The average molecular weight is 299 g/mol. The van der Waals surface area contributed by atoms with Crippen molar-refractivity contribution in [3.8, 4) is 11.8 Å². The highest BCUT2D eigenvalue weighted by Crippen LogP contribution is 2.19. The first-order valence-corrected chi connectivity index (χ1v) is 6.96. The Morgan fingerprint density at radius 1 is 1.29 bits per heavy atom. The predicted octanol–water partition coefficient (Wildman–Crippen LogP) is 3.53. The number of anilines is 1. The Balaban J connectivity index is 1.89. The van der Waals surface area contributed by atoms with Crippen LogP contribution in [0.25, 0.3) is 0 Å². The van der Waals surface area contributed by atoms with Crippen LogP contribution in [0.1, 0.15) is 18.5 Å². The quantitative estimate of drug-likeness (QED) is 0.812. The van der Waals surface area contributed by atoms with E-state index in [0.29, 0.717) is 23.6 Å². The summed E-state index contributed by atoms with van der Waals surface area (Å²) in [4.78, 5) is 17.8. The van der Waals surface area contributed by atoms with Crippen LogP contribution in [0.15, 0.2) is 48.7 Å². The number of hydrogen-bond acceptors (Lipinski definition) is 2. The van der Waals surface area contributed by atoms with Crippen molar-refractivity contribution in [1.82, 2.24) is 4.98 Å². The fourth-order valence-electron chi connectivity index (χ4n) is 1.76. The number of benzene rings is 1. The third-order valence-corrected chi connectivity index (χ3v) is 3.15. The van der Waals surface area contributed by atoms with Crippen LogP contribution >= 0.6 is 11.6 Å². The Morgan fingerprint density at radius 3 is 2.86 bits per heavy atom. The summed E-state index contributed by atoms with van der Waals surface area (Å²) in [5.41, 5.74) is 1.50. The van der Waals surface area contributed by atoms with Gasteiger partial charge in [0.2, 0.25) is 5.91 Å². The number of hydrogen-bond donors (Lipinski definition) is 0. The second kappa shape index (κ2) is 7.47. The topological polar surface area (TPSA) is 33.2 Å². The van der Waals surface area contributed by atoms with Gasteiger partial charge in [0.05, 0.1) is 0 Å². The van der Waals surface area contributed by atoms with Gasteiger partial charge in [-0.05, 0) is 36.3 Å². The van der Waals surface area contributed by atoms with Gasteiger partial charge in [-0.25, -0.2) is 4.98 Å². The zero-order valence-electron chi connectivity index (χ0n) is 11.7. The highest BCUT2D eigenvalue weighted by atomic mass is 35.5. The lowest BCUT2D eigenvalue weighted by atomic mass is 10.2. The zero-order chi connectivity index (χ0) is 15.1. The molecule has 0 spiro atoms. The summed E-state index contributed by atoms with van der Waals surface area (Å²) < 4.78 is 0. The van der Waals surface area contributed by atoms with Gasteiger partial charge in [0.15, 0.2) is 0 Å². The third kappa shape index (κ3) is 4.62. The van der Waals surface area contributed by atoms with Gasteiger partial charge in [-0.3, -0.25) is 4.79 Å². The second-order valence-corrected chi connectivity index (χ2v) is 4.89. The molecule has 2 aromatic rings. The molecule has 0 bridgehead atoms. The summed E-state index contributed by atoms with van der Waals surface area (Å²) in [6.45, 7) is 0. The van der Waals surface area contributed by atoms with Gasteiger partial charge in [-0.2, -0.15) is 0 Å². The summed E-state index contributed by atoms with van der Waals surface area (Å²) in [5.74, 6) is 5.91. The maximum atomic E-state index is 12.1. The van der Waals surface area contributed by atoms with Gasteiger partial charge in [-0.15, -0.1) is 0 Å². The molecule has 0 unspecified atom stereocenters. The molecule has 0 saturated carbocycles. The maximum absolute atomic E-state index is 12.1. The molecule has 106 valence electrons. The van der Waals surface area contributed by atoms with E-state index < -0.39 is 0 Å². The monoisotopic (exact) mass is 298 g/mol. The first kappa shape index (κ1) is 15.1. The molecular weight excluding hydrogens is 284 g/mol. The molecule has 3 nitrogen and oxygen atoms in total. The molecule has 0 atom stereocenters. The van der Waals surface area contributed by atoms with E-state index >= 15 is 0 Å². The molecule has 1 aromatic carbocycles. The lowest BCUT2D eigenvalue weighted by Crippen LogP contribution is -2.25. The number of pyridine rings is 1. The first-order valence-electron chi connectivity index (χ1n) is 6.59. The second-order valence-electron chi connectivity index (χ2n) is 4.45. The smallest absolute Gasteiger partial charge is 0.227 e. The normalized spacial score (nSPS) is 9.62. The van der Waals surface area contributed by atoms with Crippen LogP contribution in [0.5, 0.6) is 0 Å². The van der Waals surface area contributed by atoms with E-state index in [4.69, 9.17) is 11.6 Å². The Morgan fingerprint density at radius 2 is 2.14 bits per heavy atom. The van der Waals surface area contributed by atoms with Gasteiger partial charge < -0.3 is 4.90 Å². The van der Waals surface area contributed by atoms with Crippen molar-refractivity contribution >= 4 is 23.2 Å². The lowest BCUT2D eigenvalue weighted by molar-refractivity contribution is -0.118. The number of halogens is 1. The van der Waals surface area contributed by atoms with Crippen LogP contribution in [0, 0.1) is 11.8 Å². The largest absolute Gasteiger partial charge is 0.315 e. The molecule has 21 heavy (non-hydrogen) atoms. The van der Waals surface area contributed by atoms with E-state index in [0.717, 1.165) is 5.69 Å². The Hall–Kier alpha value is -2.31. The van der Waals surface area contributed by atoms with E-state index in [1.54, 1.807) is 30.3 Å². The number of aromatic nitrogens is 1. The summed E-state index contributed by atoms with van der Waals surface area (Å²) in [5, 5.41) is 0.613. The van der Waals surface area contributed by atoms with Crippen LogP contribution in [-0.4, -0.2) is 17.9 Å². The van der Waals surface area contributed by atoms with Crippen molar-refractivity contribution in [2.45, 2.75) is 12.8 Å². The molecule has 0 saturated heterocycles. The average Bonchev–Trinajstić information content (AvgIpc) is 2.51. The van der Waals surface area contributed by atoms with E-state index in [1.807, 2.05) is 30.3 Å². The minimum absolute atomic E-state index is 0.00703. The number of rotatable bonds is 3. The van der Waals surface area contributed by atoms with Crippen molar-refractivity contribution in [2.24, 2.45) is 0 Å². The standard InChI is InChI=1S/C17H15ClN2O/c1-20(16-10-6-7-14(18)13-16)17(21)11-3-2-8-15-9-4-5-12-19-15/h4-7,9-10,12-13H,3,11H2,1H3. The van der Waals surface area contributed by atoms with Crippen LogP contribution in [0.2, 0.25) is 5.02 Å². The van der Waals surface area contributed by atoms with Crippen LogP contribution in [0.3, 0.4) is 0 Å². The zero-order valence-corrected chi connectivity index (χ0v) is 12.5. The fourth-order valence-corrected chi connectivity index (χ4v) is 1.94. The summed E-state index contributed by atoms with van der Waals surface area (Å²) in [7, 11) is 1.74. The lowest BCUT2D eigenvalue weighted by Gasteiger charge is -2.16. The van der Waals surface area contributed by atoms with Gasteiger partial charge in [0.1, 0.15) is 5.69 Å². The highest BCUT2D eigenvalue weighted by molar-refractivity contribution is 6.30. The molecule has 0 radical (unpaired) electrons. The van der Waals surface area contributed by atoms with E-state index in [-0.39, 0.29) is 5.91 Å². The molecule has 4 heteroatoms. The van der Waals surface area contributed by atoms with E-state index in [1.165, 1.54) is 0 Å². The van der Waals surface area contributed by atoms with Gasteiger partial charge in [-0.1, -0.05) is 29.7 Å². The van der Waals surface area contributed by atoms with Gasteiger partial charge >= 0.3 is 0 Å². The first-order chi connectivity index (χ1) is 10.2. The molecule has 0 N–H and O–H groups in total. The molecule has 2 rings (SSSR count). The van der Waals surface area contributed by atoms with Gasteiger partial charge in [0, 0.05) is 36.8 Å². The van der Waals surface area contributed by atoms with Crippen LogP contribution < -0.4 is 4.90 Å². The van der Waals surface area contributed by atoms with E-state index in [9.17, 15) is 4.79 Å². The minimum atomic E-state index is 0.00703. The molecule has 1 aromatic heterocycles. The summed E-state index contributed by atoms with van der Waals surface area (Å²) >= 11 is 5.92. The highest BCUT2D eigenvalue weighted by Gasteiger charge is 2.09. The number of carbonyl (C=O) groups excluding carboxylic acids is 1. The predicted molar refractivity (Wildman–Crippen MR) is 85.2 cm³/mol. The van der Waals surface area contributed by atoms with Crippen molar-refractivity contribution < 1.29 is 4.79 Å². The molecule has 0 fully saturated rings. The number of nitrogens with zero attached hydrogens (tertiary/aromatic N) is 2. The SMILES string of the molecule is CN(C(=O)CCC#Cc1ccccn1)c1cccc(Cl)c1. The maximum Gasteiger partial charge on any atom is 0.227 e. The molecule has 0 aliphatic rings. The molecule has 0 aliphatic heterocycles.